The third-order valence-corrected chi connectivity index (χ3v) is 7.07. The summed E-state index contributed by atoms with van der Waals surface area (Å²) in [6.07, 6.45) is 0. The number of H-pyrrole nitrogens is 1. The second-order valence-electron chi connectivity index (χ2n) is 6.38. The number of hydrogen-bond donors (Lipinski definition) is 1. The Balaban J connectivity index is 1.49. The number of hydrogen-bond acceptors (Lipinski definition) is 5. The van der Waals surface area contributed by atoms with Gasteiger partial charge in [0.25, 0.3) is 5.91 Å². The lowest BCUT2D eigenvalue weighted by molar-refractivity contribution is 0.0698. The number of rotatable bonds is 3. The molecule has 0 atom stereocenters. The number of piperazine rings is 1. The Morgan fingerprint density at radius 1 is 1.04 bits per heavy atom. The van der Waals surface area contributed by atoms with Gasteiger partial charge in [0.1, 0.15) is 0 Å². The Labute approximate surface area is 168 Å². The lowest BCUT2D eigenvalue weighted by atomic mass is 10.2. The number of aromatic nitrogens is 1. The van der Waals surface area contributed by atoms with Gasteiger partial charge < -0.3 is 9.32 Å². The average molecular weight is 466 g/mol. The first-order valence-electron chi connectivity index (χ1n) is 8.52. The quantitative estimate of drug-likeness (QED) is 0.637. The molecule has 3 aromatic rings. The monoisotopic (exact) mass is 465 g/mol. The number of halogens is 1. The first-order valence-corrected chi connectivity index (χ1v) is 10.8. The molecule has 1 aromatic heterocycles. The molecule has 10 heteroatoms. The van der Waals surface area contributed by atoms with Gasteiger partial charge in [0.2, 0.25) is 10.0 Å². The summed E-state index contributed by atoms with van der Waals surface area (Å²) in [6.45, 7) is 0.991. The minimum absolute atomic E-state index is 0.0513. The largest absolute Gasteiger partial charge is 0.417 e. The molecule has 1 fully saturated rings. The van der Waals surface area contributed by atoms with E-state index in [2.05, 4.69) is 20.9 Å². The fourth-order valence-corrected chi connectivity index (χ4v) is 4.84. The topological polar surface area (TPSA) is 104 Å². The average Bonchev–Trinajstić information content (AvgIpc) is 3.07. The molecule has 2 heterocycles. The number of nitrogens with one attached hydrogen (secondary N) is 1. The van der Waals surface area contributed by atoms with Crippen LogP contribution in [0.1, 0.15) is 10.4 Å². The molecule has 8 nitrogen and oxygen atoms in total. The molecule has 146 valence electrons. The molecule has 0 spiro atoms. The summed E-state index contributed by atoms with van der Waals surface area (Å²) < 4.78 is 33.0. The molecule has 2 aromatic carbocycles. The molecule has 1 aliphatic rings. The van der Waals surface area contributed by atoms with Crippen molar-refractivity contribution in [1.82, 2.24) is 14.2 Å². The molecule has 1 aliphatic heterocycles. The number of benzene rings is 2. The van der Waals surface area contributed by atoms with E-state index in [4.69, 9.17) is 4.42 Å². The van der Waals surface area contributed by atoms with Gasteiger partial charge in [0.15, 0.2) is 5.58 Å². The van der Waals surface area contributed by atoms with E-state index in [9.17, 15) is 18.0 Å². The first-order chi connectivity index (χ1) is 13.3. The van der Waals surface area contributed by atoms with E-state index in [1.54, 1.807) is 29.2 Å². The SMILES string of the molecule is O=C(c1ccc(Br)cc1)N1CCN(S(=O)(=O)c2ccc3[nH]c(=O)oc3c2)CC1. The molecule has 4 rings (SSSR count). The molecule has 1 amide bonds. The fourth-order valence-electron chi connectivity index (χ4n) is 3.14. The van der Waals surface area contributed by atoms with Crippen LogP contribution in [0.4, 0.5) is 0 Å². The predicted molar refractivity (Wildman–Crippen MR) is 106 cm³/mol. The second kappa shape index (κ2) is 7.19. The number of sulfonamides is 1. The maximum absolute atomic E-state index is 12.9. The van der Waals surface area contributed by atoms with Crippen molar-refractivity contribution in [2.24, 2.45) is 0 Å². The van der Waals surface area contributed by atoms with E-state index in [0.717, 1.165) is 4.47 Å². The summed E-state index contributed by atoms with van der Waals surface area (Å²) in [5, 5.41) is 0. The summed E-state index contributed by atoms with van der Waals surface area (Å²) >= 11 is 3.33. The van der Waals surface area contributed by atoms with Gasteiger partial charge >= 0.3 is 5.76 Å². The number of fused-ring (bicyclic) bond motifs is 1. The van der Waals surface area contributed by atoms with E-state index in [1.807, 2.05) is 0 Å². The lowest BCUT2D eigenvalue weighted by Gasteiger charge is -2.34. The zero-order chi connectivity index (χ0) is 19.9. The third kappa shape index (κ3) is 3.50. The van der Waals surface area contributed by atoms with E-state index in [0.29, 0.717) is 24.2 Å². The van der Waals surface area contributed by atoms with Gasteiger partial charge in [-0.25, -0.2) is 13.2 Å². The smallest absolute Gasteiger partial charge is 0.408 e. The Morgan fingerprint density at radius 3 is 2.39 bits per heavy atom. The van der Waals surface area contributed by atoms with Crippen LogP contribution in [0.2, 0.25) is 0 Å². The van der Waals surface area contributed by atoms with Crippen molar-refractivity contribution < 1.29 is 17.6 Å². The van der Waals surface area contributed by atoms with E-state index in [1.165, 1.54) is 22.5 Å². The summed E-state index contributed by atoms with van der Waals surface area (Å²) in [5.74, 6) is -0.760. The van der Waals surface area contributed by atoms with Gasteiger partial charge in [0.05, 0.1) is 10.4 Å². The van der Waals surface area contributed by atoms with Crippen molar-refractivity contribution >= 4 is 43.0 Å². The van der Waals surface area contributed by atoms with Crippen LogP contribution in [0.3, 0.4) is 0 Å². The number of oxazole rings is 1. The maximum Gasteiger partial charge on any atom is 0.417 e. The molecule has 0 radical (unpaired) electrons. The molecule has 1 N–H and O–H groups in total. The van der Waals surface area contributed by atoms with Crippen LogP contribution in [0, 0.1) is 0 Å². The summed E-state index contributed by atoms with van der Waals surface area (Å²) in [6, 6.07) is 11.3. The van der Waals surface area contributed by atoms with Crippen LogP contribution in [0.25, 0.3) is 11.1 Å². The van der Waals surface area contributed by atoms with Crippen molar-refractivity contribution in [3.63, 3.8) is 0 Å². The highest BCUT2D eigenvalue weighted by atomic mass is 79.9. The van der Waals surface area contributed by atoms with Crippen LogP contribution in [0.5, 0.6) is 0 Å². The normalized spacial score (nSPS) is 15.8. The van der Waals surface area contributed by atoms with E-state index >= 15 is 0 Å². The van der Waals surface area contributed by atoms with Crippen LogP contribution in [0.15, 0.2) is 61.0 Å². The number of aromatic amines is 1. The van der Waals surface area contributed by atoms with Crippen molar-refractivity contribution in [1.29, 1.82) is 0 Å². The van der Waals surface area contributed by atoms with Crippen molar-refractivity contribution in [2.75, 3.05) is 26.2 Å². The highest BCUT2D eigenvalue weighted by Crippen LogP contribution is 2.22. The Bertz CT molecular complexity index is 1190. The van der Waals surface area contributed by atoms with Gasteiger partial charge in [-0.15, -0.1) is 0 Å². The number of carbonyl (C=O) groups is 1. The summed E-state index contributed by atoms with van der Waals surface area (Å²) in [7, 11) is -3.75. The van der Waals surface area contributed by atoms with Crippen LogP contribution < -0.4 is 5.76 Å². The molecule has 0 saturated carbocycles. The number of carbonyl (C=O) groups excluding carboxylic acids is 1. The Morgan fingerprint density at radius 2 is 1.71 bits per heavy atom. The van der Waals surface area contributed by atoms with Gasteiger partial charge in [-0.2, -0.15) is 4.31 Å². The summed E-state index contributed by atoms with van der Waals surface area (Å²) in [5.41, 5.74) is 1.19. The summed E-state index contributed by atoms with van der Waals surface area (Å²) in [4.78, 5) is 28.0. The maximum atomic E-state index is 12.9. The lowest BCUT2D eigenvalue weighted by Crippen LogP contribution is -2.50. The molecule has 0 aliphatic carbocycles. The molecule has 0 unspecified atom stereocenters. The van der Waals surface area contributed by atoms with Crippen molar-refractivity contribution in [3.05, 3.63) is 63.1 Å². The van der Waals surface area contributed by atoms with Crippen molar-refractivity contribution in [2.45, 2.75) is 4.90 Å². The van der Waals surface area contributed by atoms with Crippen LogP contribution >= 0.6 is 15.9 Å². The second-order valence-corrected chi connectivity index (χ2v) is 9.23. The zero-order valence-electron chi connectivity index (χ0n) is 14.6. The minimum Gasteiger partial charge on any atom is -0.408 e. The van der Waals surface area contributed by atoms with E-state index in [-0.39, 0.29) is 29.5 Å². The fraction of sp³-hybridized carbons (Fsp3) is 0.222. The van der Waals surface area contributed by atoms with Gasteiger partial charge in [-0.05, 0) is 36.4 Å². The van der Waals surface area contributed by atoms with Crippen LogP contribution in [-0.4, -0.2) is 54.7 Å². The highest BCUT2D eigenvalue weighted by molar-refractivity contribution is 9.10. The Hall–Kier alpha value is -2.43. The molecule has 0 bridgehead atoms. The van der Waals surface area contributed by atoms with Gasteiger partial charge in [0, 0.05) is 42.3 Å². The standard InChI is InChI=1S/C18H16BrN3O5S/c19-13-3-1-12(2-4-13)17(23)21-7-9-22(10-8-21)28(25,26)14-5-6-15-16(11-14)27-18(24)20-15/h1-6,11H,7-10H2,(H,20,24). The third-order valence-electron chi connectivity index (χ3n) is 4.65. The first kappa shape index (κ1) is 18.9. The van der Waals surface area contributed by atoms with E-state index < -0.39 is 15.8 Å². The molecular weight excluding hydrogens is 450 g/mol. The Kier molecular flexibility index (Phi) is 4.86. The molecule has 1 saturated heterocycles. The number of amides is 1. The highest BCUT2D eigenvalue weighted by Gasteiger charge is 2.30. The predicted octanol–water partition coefficient (Wildman–Crippen LogP) is 2.03. The number of nitrogens with zero attached hydrogens (tertiary/aromatic N) is 2. The van der Waals surface area contributed by atoms with Gasteiger partial charge in [-0.3, -0.25) is 9.78 Å². The molecule has 28 heavy (non-hydrogen) atoms. The van der Waals surface area contributed by atoms with Crippen LogP contribution in [-0.2, 0) is 10.0 Å². The minimum atomic E-state index is -3.75. The van der Waals surface area contributed by atoms with Crippen molar-refractivity contribution in [3.8, 4) is 0 Å². The van der Waals surface area contributed by atoms with Gasteiger partial charge in [-0.1, -0.05) is 15.9 Å². The molecular formula is C18H16BrN3O5S. The zero-order valence-corrected chi connectivity index (χ0v) is 17.0.